The van der Waals surface area contributed by atoms with Crippen LogP contribution in [0.2, 0.25) is 0 Å². The van der Waals surface area contributed by atoms with Gasteiger partial charge in [0.1, 0.15) is 11.6 Å². The van der Waals surface area contributed by atoms with Crippen LogP contribution in [0.5, 0.6) is 0 Å². The van der Waals surface area contributed by atoms with Gasteiger partial charge in [-0.2, -0.15) is 0 Å². The summed E-state index contributed by atoms with van der Waals surface area (Å²) in [5.41, 5.74) is 0.802. The molecule has 0 radical (unpaired) electrons. The lowest BCUT2D eigenvalue weighted by Crippen LogP contribution is -2.56. The van der Waals surface area contributed by atoms with Gasteiger partial charge in [-0.1, -0.05) is 63.8 Å². The second-order valence-electron chi connectivity index (χ2n) is 13.1. The number of nitrogens with zero attached hydrogens (tertiary/aromatic N) is 2. The van der Waals surface area contributed by atoms with Gasteiger partial charge in [0.2, 0.25) is 17.7 Å². The molecular weight excluding hydrogens is 516 g/mol. The maximum absolute atomic E-state index is 14.2. The van der Waals surface area contributed by atoms with Crippen LogP contribution in [0, 0.1) is 11.8 Å². The number of hydrogen-bond donors (Lipinski definition) is 2. The average Bonchev–Trinajstić information content (AvgIpc) is 3.62. The zero-order chi connectivity index (χ0) is 28.6. The molecule has 1 aromatic rings. The van der Waals surface area contributed by atoms with E-state index in [1.165, 1.54) is 31.2 Å². The maximum atomic E-state index is 14.2. The maximum Gasteiger partial charge on any atom is 0.246 e. The van der Waals surface area contributed by atoms with E-state index in [-0.39, 0.29) is 23.8 Å². The molecule has 6 rings (SSSR count). The molecule has 1 aromatic carbocycles. The van der Waals surface area contributed by atoms with Gasteiger partial charge < -0.3 is 25.2 Å². The van der Waals surface area contributed by atoms with Crippen LogP contribution in [0.3, 0.4) is 0 Å². The van der Waals surface area contributed by atoms with Crippen LogP contribution < -0.4 is 10.6 Å². The largest absolute Gasteiger partial charge is 0.359 e. The SMILES string of the molecule is CC(C)c1ccc(NC(=O)C2C3C=CC4(O3)C2C(=O)N(CCCN2CCCCC2)C4C(=O)NC2CCCCC2)cc1. The first-order valence-corrected chi connectivity index (χ1v) is 16.0. The van der Waals surface area contributed by atoms with Crippen molar-refractivity contribution in [2.75, 3.05) is 31.5 Å². The quantitative estimate of drug-likeness (QED) is 0.440. The Kier molecular flexibility index (Phi) is 8.23. The zero-order valence-electron chi connectivity index (χ0n) is 24.6. The number of hydrogen-bond acceptors (Lipinski definition) is 5. The molecule has 4 aliphatic heterocycles. The van der Waals surface area contributed by atoms with Gasteiger partial charge in [-0.15, -0.1) is 0 Å². The van der Waals surface area contributed by atoms with Crippen molar-refractivity contribution in [2.24, 2.45) is 11.8 Å². The molecule has 0 aromatic heterocycles. The minimum atomic E-state index is -1.10. The number of nitrogens with one attached hydrogen (secondary N) is 2. The Labute approximate surface area is 244 Å². The molecule has 5 atom stereocenters. The highest BCUT2D eigenvalue weighted by atomic mass is 16.5. The summed E-state index contributed by atoms with van der Waals surface area (Å²) < 4.78 is 6.52. The second kappa shape index (κ2) is 11.9. The van der Waals surface area contributed by atoms with Crippen LogP contribution in [-0.2, 0) is 19.1 Å². The number of fused-ring (bicyclic) bond motifs is 1. The Bertz CT molecular complexity index is 1150. The van der Waals surface area contributed by atoms with Gasteiger partial charge in [-0.05, 0) is 75.4 Å². The van der Waals surface area contributed by atoms with E-state index < -0.39 is 29.6 Å². The predicted molar refractivity (Wildman–Crippen MR) is 158 cm³/mol. The van der Waals surface area contributed by atoms with E-state index in [4.69, 9.17) is 4.74 Å². The standard InChI is InChI=1S/C33H46N4O4/c1-22(2)23-12-14-25(15-13-23)34-30(38)27-26-16-17-33(41-26)28(27)32(40)37(21-9-20-36-18-7-4-8-19-36)29(33)31(39)35-24-10-5-3-6-11-24/h12-17,22,24,26-29H,3-11,18-21H2,1-2H3,(H,34,38)(H,35,39). The van der Waals surface area contributed by atoms with Crippen LogP contribution in [0.15, 0.2) is 36.4 Å². The number of amides is 3. The molecule has 2 bridgehead atoms. The van der Waals surface area contributed by atoms with Crippen LogP contribution in [0.1, 0.15) is 83.1 Å². The monoisotopic (exact) mass is 562 g/mol. The molecular formula is C33H46N4O4. The van der Waals surface area contributed by atoms with Gasteiger partial charge in [0, 0.05) is 18.3 Å². The Balaban J connectivity index is 1.22. The minimum Gasteiger partial charge on any atom is -0.359 e. The molecule has 5 unspecified atom stereocenters. The van der Waals surface area contributed by atoms with E-state index in [0.717, 1.165) is 51.7 Å². The third kappa shape index (κ3) is 5.45. The highest BCUT2D eigenvalue weighted by Gasteiger charge is 2.72. The first-order chi connectivity index (χ1) is 19.9. The van der Waals surface area contributed by atoms with Crippen LogP contribution in [-0.4, -0.2) is 77.5 Å². The highest BCUT2D eigenvalue weighted by molar-refractivity contribution is 6.02. The van der Waals surface area contributed by atoms with E-state index in [2.05, 4.69) is 29.4 Å². The molecule has 1 aliphatic carbocycles. The van der Waals surface area contributed by atoms with Gasteiger partial charge in [-0.25, -0.2) is 0 Å². The molecule has 41 heavy (non-hydrogen) atoms. The number of rotatable bonds is 9. The Morgan fingerprint density at radius 3 is 2.39 bits per heavy atom. The van der Waals surface area contributed by atoms with Gasteiger partial charge >= 0.3 is 0 Å². The smallest absolute Gasteiger partial charge is 0.246 e. The van der Waals surface area contributed by atoms with Crippen molar-refractivity contribution in [3.8, 4) is 0 Å². The van der Waals surface area contributed by atoms with Crippen LogP contribution in [0.4, 0.5) is 5.69 Å². The summed E-state index contributed by atoms with van der Waals surface area (Å²) >= 11 is 0. The summed E-state index contributed by atoms with van der Waals surface area (Å²) in [7, 11) is 0. The molecule has 4 heterocycles. The first kappa shape index (κ1) is 28.4. The van der Waals surface area contributed by atoms with Crippen molar-refractivity contribution in [1.29, 1.82) is 0 Å². The number of benzene rings is 1. The lowest BCUT2D eigenvalue weighted by Gasteiger charge is -2.34. The van der Waals surface area contributed by atoms with E-state index >= 15 is 0 Å². The lowest BCUT2D eigenvalue weighted by molar-refractivity contribution is -0.141. The number of ether oxygens (including phenoxy) is 1. The molecule has 5 aliphatic rings. The summed E-state index contributed by atoms with van der Waals surface area (Å²) in [6.45, 7) is 7.87. The fourth-order valence-corrected chi connectivity index (χ4v) is 7.86. The minimum absolute atomic E-state index is 0.130. The van der Waals surface area contributed by atoms with Crippen molar-refractivity contribution in [1.82, 2.24) is 15.1 Å². The van der Waals surface area contributed by atoms with Crippen molar-refractivity contribution in [3.05, 3.63) is 42.0 Å². The van der Waals surface area contributed by atoms with Crippen molar-refractivity contribution in [2.45, 2.75) is 101 Å². The molecule has 3 saturated heterocycles. The van der Waals surface area contributed by atoms with Gasteiger partial charge in [-0.3, -0.25) is 14.4 Å². The molecule has 3 amide bonds. The molecule has 222 valence electrons. The Hall–Kier alpha value is -2.71. The van der Waals surface area contributed by atoms with Crippen LogP contribution >= 0.6 is 0 Å². The highest BCUT2D eigenvalue weighted by Crippen LogP contribution is 2.55. The summed E-state index contributed by atoms with van der Waals surface area (Å²) in [5, 5.41) is 6.33. The molecule has 8 nitrogen and oxygen atoms in total. The van der Waals surface area contributed by atoms with E-state index in [0.29, 0.717) is 18.2 Å². The number of likely N-dealkylation sites (tertiary alicyclic amines) is 2. The molecule has 8 heteroatoms. The predicted octanol–water partition coefficient (Wildman–Crippen LogP) is 4.22. The number of carbonyl (C=O) groups excluding carboxylic acids is 3. The topological polar surface area (TPSA) is 91.0 Å². The molecule has 2 N–H and O–H groups in total. The summed E-state index contributed by atoms with van der Waals surface area (Å²) in [6, 6.07) is 7.25. The third-order valence-electron chi connectivity index (χ3n) is 10.0. The third-order valence-corrected chi connectivity index (χ3v) is 10.0. The number of carbonyl (C=O) groups is 3. The first-order valence-electron chi connectivity index (χ1n) is 16.0. The van der Waals surface area contributed by atoms with E-state index in [1.54, 1.807) is 4.90 Å². The van der Waals surface area contributed by atoms with Gasteiger partial charge in [0.25, 0.3) is 0 Å². The Morgan fingerprint density at radius 2 is 1.68 bits per heavy atom. The summed E-state index contributed by atoms with van der Waals surface area (Å²) in [5.74, 6) is -1.47. The fraction of sp³-hybridized carbons (Fsp3) is 0.667. The van der Waals surface area contributed by atoms with E-state index in [9.17, 15) is 14.4 Å². The molecule has 1 spiro atoms. The van der Waals surface area contributed by atoms with Crippen LogP contribution in [0.25, 0.3) is 0 Å². The molecule has 4 fully saturated rings. The van der Waals surface area contributed by atoms with Crippen molar-refractivity contribution >= 4 is 23.4 Å². The summed E-state index contributed by atoms with van der Waals surface area (Å²) in [4.78, 5) is 46.1. The van der Waals surface area contributed by atoms with E-state index in [1.807, 2.05) is 36.4 Å². The fourth-order valence-electron chi connectivity index (χ4n) is 7.86. The lowest BCUT2D eigenvalue weighted by atomic mass is 9.74. The average molecular weight is 563 g/mol. The Morgan fingerprint density at radius 1 is 0.976 bits per heavy atom. The number of anilines is 1. The van der Waals surface area contributed by atoms with Crippen molar-refractivity contribution in [3.63, 3.8) is 0 Å². The summed E-state index contributed by atoms with van der Waals surface area (Å²) in [6.07, 6.45) is 13.2. The number of piperidine rings is 1. The van der Waals surface area contributed by atoms with Gasteiger partial charge in [0.15, 0.2) is 0 Å². The van der Waals surface area contributed by atoms with Crippen molar-refractivity contribution < 1.29 is 19.1 Å². The molecule has 1 saturated carbocycles. The normalized spacial score (nSPS) is 31.6. The zero-order valence-corrected chi connectivity index (χ0v) is 24.6. The van der Waals surface area contributed by atoms with Gasteiger partial charge in [0.05, 0.1) is 17.9 Å². The second-order valence-corrected chi connectivity index (χ2v) is 13.1.